The summed E-state index contributed by atoms with van der Waals surface area (Å²) in [6.45, 7) is 0. The Hall–Kier alpha value is -1.56. The summed E-state index contributed by atoms with van der Waals surface area (Å²) in [5.41, 5.74) is 2.14. The van der Waals surface area contributed by atoms with Crippen LogP contribution in [0.4, 0.5) is 0 Å². The van der Waals surface area contributed by atoms with Crippen LogP contribution in [0.25, 0.3) is 16.7 Å². The second kappa shape index (κ2) is 5.33. The highest BCUT2D eigenvalue weighted by Gasteiger charge is 2.14. The standard InChI is InChI=1S/C14H7BrCl2N2O2/c15-8-2-4-10(13(17)12(8)16)19-6-18-9-3-1-7(14(20)21)5-11(9)19/h1-6H,(H,20,21). The van der Waals surface area contributed by atoms with Crippen LogP contribution in [0.2, 0.25) is 10.0 Å². The van der Waals surface area contributed by atoms with Crippen molar-refractivity contribution in [2.75, 3.05) is 0 Å². The molecule has 0 saturated carbocycles. The molecule has 7 heteroatoms. The average Bonchev–Trinajstić information content (AvgIpc) is 2.88. The molecule has 1 N–H and O–H groups in total. The van der Waals surface area contributed by atoms with E-state index in [2.05, 4.69) is 20.9 Å². The molecule has 1 heterocycles. The summed E-state index contributed by atoms with van der Waals surface area (Å²) in [7, 11) is 0. The van der Waals surface area contributed by atoms with E-state index in [-0.39, 0.29) is 5.56 Å². The molecule has 2 aromatic carbocycles. The van der Waals surface area contributed by atoms with Crippen molar-refractivity contribution in [2.24, 2.45) is 0 Å². The number of halogens is 3. The number of rotatable bonds is 2. The molecule has 0 radical (unpaired) electrons. The molecule has 0 aliphatic rings. The van der Waals surface area contributed by atoms with Crippen LogP contribution in [0.3, 0.4) is 0 Å². The molecule has 0 fully saturated rings. The largest absolute Gasteiger partial charge is 0.478 e. The molecule has 1 aromatic heterocycles. The summed E-state index contributed by atoms with van der Waals surface area (Å²) in [5.74, 6) is -0.996. The quantitative estimate of drug-likeness (QED) is 0.645. The predicted octanol–water partition coefficient (Wildman–Crippen LogP) is 4.79. The zero-order chi connectivity index (χ0) is 15.1. The minimum absolute atomic E-state index is 0.184. The number of hydrogen-bond acceptors (Lipinski definition) is 2. The van der Waals surface area contributed by atoms with Gasteiger partial charge in [-0.25, -0.2) is 9.78 Å². The maximum atomic E-state index is 11.1. The van der Waals surface area contributed by atoms with Gasteiger partial charge in [-0.2, -0.15) is 0 Å². The number of nitrogens with zero attached hydrogens (tertiary/aromatic N) is 2. The molecule has 3 rings (SSSR count). The molecular formula is C14H7BrCl2N2O2. The van der Waals surface area contributed by atoms with Crippen LogP contribution in [-0.2, 0) is 0 Å². The van der Waals surface area contributed by atoms with Gasteiger partial charge in [0, 0.05) is 4.47 Å². The normalized spacial score (nSPS) is 11.0. The number of benzene rings is 2. The van der Waals surface area contributed by atoms with E-state index >= 15 is 0 Å². The van der Waals surface area contributed by atoms with Crippen molar-refractivity contribution in [3.05, 3.63) is 56.7 Å². The Kier molecular flexibility index (Phi) is 3.65. The lowest BCUT2D eigenvalue weighted by atomic mass is 10.2. The molecule has 0 unspecified atom stereocenters. The number of carboxylic acid groups (broad SMARTS) is 1. The summed E-state index contributed by atoms with van der Waals surface area (Å²) < 4.78 is 2.40. The number of carboxylic acids is 1. The molecular weight excluding hydrogens is 379 g/mol. The van der Waals surface area contributed by atoms with E-state index in [9.17, 15) is 4.79 Å². The van der Waals surface area contributed by atoms with Crippen molar-refractivity contribution >= 4 is 56.1 Å². The Balaban J connectivity index is 2.28. The summed E-state index contributed by atoms with van der Waals surface area (Å²) >= 11 is 15.7. The first kappa shape index (κ1) is 14.4. The molecule has 0 bridgehead atoms. The Bertz CT molecular complexity index is 877. The second-order valence-corrected chi connectivity index (χ2v) is 5.93. The van der Waals surface area contributed by atoms with Crippen molar-refractivity contribution in [1.29, 1.82) is 0 Å². The maximum Gasteiger partial charge on any atom is 0.335 e. The molecule has 0 atom stereocenters. The number of carbonyl (C=O) groups is 1. The molecule has 3 aromatic rings. The summed E-state index contributed by atoms with van der Waals surface area (Å²) in [5, 5.41) is 9.86. The van der Waals surface area contributed by atoms with Crippen LogP contribution >= 0.6 is 39.1 Å². The van der Waals surface area contributed by atoms with Crippen molar-refractivity contribution in [3.63, 3.8) is 0 Å². The fraction of sp³-hybridized carbons (Fsp3) is 0. The smallest absolute Gasteiger partial charge is 0.335 e. The third-order valence-electron chi connectivity index (χ3n) is 3.07. The molecule has 0 amide bonds. The lowest BCUT2D eigenvalue weighted by Crippen LogP contribution is -1.98. The van der Waals surface area contributed by atoms with Gasteiger partial charge in [-0.15, -0.1) is 0 Å². The van der Waals surface area contributed by atoms with Crippen molar-refractivity contribution in [2.45, 2.75) is 0 Å². The third-order valence-corrected chi connectivity index (χ3v) is 4.83. The van der Waals surface area contributed by atoms with Gasteiger partial charge in [-0.05, 0) is 46.3 Å². The van der Waals surface area contributed by atoms with Crippen LogP contribution in [-0.4, -0.2) is 20.6 Å². The molecule has 21 heavy (non-hydrogen) atoms. The van der Waals surface area contributed by atoms with Crippen molar-refractivity contribution in [3.8, 4) is 5.69 Å². The molecule has 0 saturated heterocycles. The highest BCUT2D eigenvalue weighted by Crippen LogP contribution is 2.35. The van der Waals surface area contributed by atoms with Crippen LogP contribution in [0, 0.1) is 0 Å². The zero-order valence-corrected chi connectivity index (χ0v) is 13.4. The van der Waals surface area contributed by atoms with Crippen LogP contribution in [0.1, 0.15) is 10.4 Å². The number of aromatic carboxylic acids is 1. The zero-order valence-electron chi connectivity index (χ0n) is 10.3. The number of aromatic nitrogens is 2. The first-order valence-corrected chi connectivity index (χ1v) is 7.38. The van der Waals surface area contributed by atoms with E-state index in [0.29, 0.717) is 31.2 Å². The van der Waals surface area contributed by atoms with Gasteiger partial charge in [0.2, 0.25) is 0 Å². The average molecular weight is 386 g/mol. The van der Waals surface area contributed by atoms with E-state index in [4.69, 9.17) is 28.3 Å². The Morgan fingerprint density at radius 1 is 1.19 bits per heavy atom. The van der Waals surface area contributed by atoms with Crippen molar-refractivity contribution < 1.29 is 9.90 Å². The maximum absolute atomic E-state index is 11.1. The Labute approximate surface area is 138 Å². The summed E-state index contributed by atoms with van der Waals surface area (Å²) in [4.78, 5) is 15.3. The van der Waals surface area contributed by atoms with E-state index in [0.717, 1.165) is 0 Å². The SMILES string of the molecule is O=C(O)c1ccc2ncn(-c3ccc(Br)c(Cl)c3Cl)c2c1. The van der Waals surface area contributed by atoms with E-state index in [1.165, 1.54) is 6.07 Å². The predicted molar refractivity (Wildman–Crippen MR) is 85.7 cm³/mol. The summed E-state index contributed by atoms with van der Waals surface area (Å²) in [6, 6.07) is 8.28. The second-order valence-electron chi connectivity index (χ2n) is 4.32. The molecule has 0 spiro atoms. The number of fused-ring (bicyclic) bond motifs is 1. The van der Waals surface area contributed by atoms with Gasteiger partial charge in [0.25, 0.3) is 0 Å². The number of imidazole rings is 1. The fourth-order valence-electron chi connectivity index (χ4n) is 2.03. The van der Waals surface area contributed by atoms with E-state index in [1.54, 1.807) is 35.2 Å². The van der Waals surface area contributed by atoms with Gasteiger partial charge in [0.15, 0.2) is 0 Å². The van der Waals surface area contributed by atoms with Gasteiger partial charge >= 0.3 is 5.97 Å². The van der Waals surface area contributed by atoms with Crippen molar-refractivity contribution in [1.82, 2.24) is 9.55 Å². The minimum atomic E-state index is -0.996. The minimum Gasteiger partial charge on any atom is -0.478 e. The third kappa shape index (κ3) is 2.41. The van der Waals surface area contributed by atoms with E-state index in [1.807, 2.05) is 0 Å². The van der Waals surface area contributed by atoms with Crippen LogP contribution in [0.15, 0.2) is 41.1 Å². The first-order chi connectivity index (χ1) is 9.99. The lowest BCUT2D eigenvalue weighted by Gasteiger charge is -2.09. The van der Waals surface area contributed by atoms with Gasteiger partial charge in [-0.3, -0.25) is 4.57 Å². The lowest BCUT2D eigenvalue weighted by molar-refractivity contribution is 0.0697. The first-order valence-electron chi connectivity index (χ1n) is 5.83. The fourth-order valence-corrected chi connectivity index (χ4v) is 2.89. The summed E-state index contributed by atoms with van der Waals surface area (Å²) in [6.07, 6.45) is 1.59. The van der Waals surface area contributed by atoms with Crippen LogP contribution < -0.4 is 0 Å². The number of hydrogen-bond donors (Lipinski definition) is 1. The Morgan fingerprint density at radius 3 is 2.67 bits per heavy atom. The molecule has 4 nitrogen and oxygen atoms in total. The van der Waals surface area contributed by atoms with Crippen LogP contribution in [0.5, 0.6) is 0 Å². The highest BCUT2D eigenvalue weighted by molar-refractivity contribution is 9.10. The topological polar surface area (TPSA) is 55.1 Å². The molecule has 106 valence electrons. The van der Waals surface area contributed by atoms with Gasteiger partial charge in [0.1, 0.15) is 6.33 Å². The van der Waals surface area contributed by atoms with Gasteiger partial charge < -0.3 is 5.11 Å². The molecule has 0 aliphatic heterocycles. The van der Waals surface area contributed by atoms with Gasteiger partial charge in [0.05, 0.1) is 32.3 Å². The monoisotopic (exact) mass is 384 g/mol. The Morgan fingerprint density at radius 2 is 1.95 bits per heavy atom. The highest BCUT2D eigenvalue weighted by atomic mass is 79.9. The molecule has 0 aliphatic carbocycles. The van der Waals surface area contributed by atoms with Gasteiger partial charge in [-0.1, -0.05) is 23.2 Å². The van der Waals surface area contributed by atoms with E-state index < -0.39 is 5.97 Å².